The summed E-state index contributed by atoms with van der Waals surface area (Å²) >= 11 is 0. The first-order valence-electron chi connectivity index (χ1n) is 5.93. The number of amides is 1. The number of ketones is 1. The van der Waals surface area contributed by atoms with Crippen molar-refractivity contribution in [3.05, 3.63) is 35.4 Å². The van der Waals surface area contributed by atoms with Gasteiger partial charge in [0.05, 0.1) is 11.5 Å². The standard InChI is InChI=1S/C14H14N2O2/c1-2-16-13(18)10-4-3-5-11(6-10)14(9-15)7-12(17)8-14/h3-6H,2,7-8H2,1H3,(H,16,18). The Morgan fingerprint density at radius 1 is 1.50 bits per heavy atom. The molecular formula is C14H14N2O2. The Labute approximate surface area is 106 Å². The average molecular weight is 242 g/mol. The van der Waals surface area contributed by atoms with Gasteiger partial charge < -0.3 is 5.32 Å². The van der Waals surface area contributed by atoms with Crippen LogP contribution in [0.5, 0.6) is 0 Å². The average Bonchev–Trinajstić information content (AvgIpc) is 2.35. The van der Waals surface area contributed by atoms with Gasteiger partial charge in [0.2, 0.25) is 0 Å². The van der Waals surface area contributed by atoms with Crippen molar-refractivity contribution in [2.24, 2.45) is 0 Å². The summed E-state index contributed by atoms with van der Waals surface area (Å²) in [6.45, 7) is 2.41. The molecule has 1 N–H and O–H groups in total. The van der Waals surface area contributed by atoms with E-state index in [-0.39, 0.29) is 24.5 Å². The maximum Gasteiger partial charge on any atom is 0.251 e. The second-order valence-electron chi connectivity index (χ2n) is 4.53. The van der Waals surface area contributed by atoms with Crippen LogP contribution in [0.2, 0.25) is 0 Å². The largest absolute Gasteiger partial charge is 0.352 e. The first kappa shape index (κ1) is 12.3. The summed E-state index contributed by atoms with van der Waals surface area (Å²) in [5.41, 5.74) is 0.566. The van der Waals surface area contributed by atoms with Crippen LogP contribution in [0.1, 0.15) is 35.7 Å². The van der Waals surface area contributed by atoms with E-state index in [4.69, 9.17) is 0 Å². The van der Waals surface area contributed by atoms with E-state index in [1.807, 2.05) is 6.92 Å². The van der Waals surface area contributed by atoms with Crippen LogP contribution >= 0.6 is 0 Å². The van der Waals surface area contributed by atoms with Crippen LogP contribution in [0.15, 0.2) is 24.3 Å². The molecule has 92 valence electrons. The monoisotopic (exact) mass is 242 g/mol. The molecule has 1 aliphatic carbocycles. The molecule has 0 atom stereocenters. The molecule has 1 amide bonds. The van der Waals surface area contributed by atoms with Crippen molar-refractivity contribution in [2.75, 3.05) is 6.54 Å². The van der Waals surface area contributed by atoms with Crippen LogP contribution in [0, 0.1) is 11.3 Å². The van der Waals surface area contributed by atoms with Crippen molar-refractivity contribution in [3.63, 3.8) is 0 Å². The van der Waals surface area contributed by atoms with E-state index in [0.717, 1.165) is 5.56 Å². The molecule has 4 heteroatoms. The fourth-order valence-corrected chi connectivity index (χ4v) is 2.19. The molecule has 1 saturated carbocycles. The van der Waals surface area contributed by atoms with Gasteiger partial charge in [0.25, 0.3) is 5.91 Å². The molecule has 0 aromatic heterocycles. The molecule has 0 spiro atoms. The van der Waals surface area contributed by atoms with Crippen molar-refractivity contribution in [2.45, 2.75) is 25.2 Å². The van der Waals surface area contributed by atoms with Crippen molar-refractivity contribution >= 4 is 11.7 Å². The van der Waals surface area contributed by atoms with Crippen LogP contribution in [-0.4, -0.2) is 18.2 Å². The lowest BCUT2D eigenvalue weighted by atomic mass is 9.64. The summed E-state index contributed by atoms with van der Waals surface area (Å²) in [6.07, 6.45) is 0.505. The number of hydrogen-bond acceptors (Lipinski definition) is 3. The van der Waals surface area contributed by atoms with Gasteiger partial charge in [-0.15, -0.1) is 0 Å². The number of hydrogen-bond donors (Lipinski definition) is 1. The molecule has 4 nitrogen and oxygen atoms in total. The minimum Gasteiger partial charge on any atom is -0.352 e. The van der Waals surface area contributed by atoms with Crippen molar-refractivity contribution < 1.29 is 9.59 Å². The maximum atomic E-state index is 11.7. The molecule has 0 radical (unpaired) electrons. The molecule has 1 fully saturated rings. The number of nitrogens with one attached hydrogen (secondary N) is 1. The second-order valence-corrected chi connectivity index (χ2v) is 4.53. The van der Waals surface area contributed by atoms with E-state index in [1.165, 1.54) is 0 Å². The Hall–Kier alpha value is -2.15. The summed E-state index contributed by atoms with van der Waals surface area (Å²) in [5.74, 6) is -0.0574. The van der Waals surface area contributed by atoms with Crippen LogP contribution < -0.4 is 5.32 Å². The van der Waals surface area contributed by atoms with E-state index < -0.39 is 5.41 Å². The minimum atomic E-state index is -0.723. The molecule has 18 heavy (non-hydrogen) atoms. The predicted molar refractivity (Wildman–Crippen MR) is 66.0 cm³/mol. The Morgan fingerprint density at radius 3 is 2.78 bits per heavy atom. The van der Waals surface area contributed by atoms with Gasteiger partial charge in [0.1, 0.15) is 5.78 Å². The normalized spacial score (nSPS) is 16.6. The number of benzene rings is 1. The minimum absolute atomic E-state index is 0.0972. The Bertz CT molecular complexity index is 535. The molecule has 1 aromatic rings. The molecule has 2 rings (SSSR count). The zero-order valence-electron chi connectivity index (χ0n) is 10.2. The lowest BCUT2D eigenvalue weighted by molar-refractivity contribution is -0.126. The summed E-state index contributed by atoms with van der Waals surface area (Å²) in [7, 11) is 0. The highest BCUT2D eigenvalue weighted by atomic mass is 16.1. The van der Waals surface area contributed by atoms with Crippen LogP contribution in [0.4, 0.5) is 0 Å². The fraction of sp³-hybridized carbons (Fsp3) is 0.357. The smallest absolute Gasteiger partial charge is 0.251 e. The number of carbonyl (C=O) groups excluding carboxylic acids is 2. The molecule has 0 saturated heterocycles. The first-order valence-corrected chi connectivity index (χ1v) is 5.93. The van der Waals surface area contributed by atoms with Gasteiger partial charge in [0, 0.05) is 24.9 Å². The van der Waals surface area contributed by atoms with Gasteiger partial charge in [-0.25, -0.2) is 0 Å². The molecule has 1 aromatic carbocycles. The van der Waals surface area contributed by atoms with E-state index in [9.17, 15) is 14.9 Å². The van der Waals surface area contributed by atoms with Gasteiger partial charge in [-0.05, 0) is 24.6 Å². The van der Waals surface area contributed by atoms with Crippen LogP contribution in [-0.2, 0) is 10.2 Å². The first-order chi connectivity index (χ1) is 8.61. The lowest BCUT2D eigenvalue weighted by Gasteiger charge is -2.34. The third-order valence-electron chi connectivity index (χ3n) is 3.23. The summed E-state index contributed by atoms with van der Waals surface area (Å²) < 4.78 is 0. The molecule has 0 unspecified atom stereocenters. The zero-order valence-corrected chi connectivity index (χ0v) is 10.2. The quantitative estimate of drug-likeness (QED) is 0.874. The fourth-order valence-electron chi connectivity index (χ4n) is 2.19. The lowest BCUT2D eigenvalue weighted by Crippen LogP contribution is -2.40. The van der Waals surface area contributed by atoms with Crippen molar-refractivity contribution in [3.8, 4) is 6.07 Å². The Kier molecular flexibility index (Phi) is 3.15. The molecule has 0 aliphatic heterocycles. The zero-order chi connectivity index (χ0) is 13.2. The third-order valence-corrected chi connectivity index (χ3v) is 3.23. The van der Waals surface area contributed by atoms with E-state index in [0.29, 0.717) is 12.1 Å². The van der Waals surface area contributed by atoms with Gasteiger partial charge in [-0.2, -0.15) is 5.26 Å². The highest BCUT2D eigenvalue weighted by Gasteiger charge is 2.45. The topological polar surface area (TPSA) is 70.0 Å². The number of carbonyl (C=O) groups is 2. The van der Waals surface area contributed by atoms with E-state index in [1.54, 1.807) is 24.3 Å². The Balaban J connectivity index is 2.30. The summed E-state index contributed by atoms with van der Waals surface area (Å²) in [4.78, 5) is 22.9. The number of nitrogens with zero attached hydrogens (tertiary/aromatic N) is 1. The van der Waals surface area contributed by atoms with E-state index in [2.05, 4.69) is 11.4 Å². The Morgan fingerprint density at radius 2 is 2.22 bits per heavy atom. The van der Waals surface area contributed by atoms with Gasteiger partial charge >= 0.3 is 0 Å². The molecule has 0 heterocycles. The van der Waals surface area contributed by atoms with Gasteiger partial charge in [-0.3, -0.25) is 9.59 Å². The van der Waals surface area contributed by atoms with Crippen LogP contribution in [0.3, 0.4) is 0 Å². The van der Waals surface area contributed by atoms with E-state index >= 15 is 0 Å². The third kappa shape index (κ3) is 2.00. The second kappa shape index (κ2) is 4.61. The maximum absolute atomic E-state index is 11.7. The number of nitriles is 1. The highest BCUT2D eigenvalue weighted by Crippen LogP contribution is 2.40. The van der Waals surface area contributed by atoms with Gasteiger partial charge in [0.15, 0.2) is 0 Å². The van der Waals surface area contributed by atoms with Gasteiger partial charge in [-0.1, -0.05) is 12.1 Å². The summed E-state index contributed by atoms with van der Waals surface area (Å²) in [6, 6.07) is 9.18. The SMILES string of the molecule is CCNC(=O)c1cccc(C2(C#N)CC(=O)C2)c1. The molecular weight excluding hydrogens is 228 g/mol. The number of Topliss-reactive ketones (excluding diaryl/α,β-unsaturated/α-hetero) is 1. The molecule has 1 aliphatic rings. The highest BCUT2D eigenvalue weighted by molar-refractivity contribution is 5.95. The molecule has 0 bridgehead atoms. The predicted octanol–water partition coefficient (Wildman–Crippen LogP) is 1.56. The van der Waals surface area contributed by atoms with Crippen LogP contribution in [0.25, 0.3) is 0 Å². The summed E-state index contributed by atoms with van der Waals surface area (Å²) in [5, 5.41) is 12.0. The number of rotatable bonds is 3. The van der Waals surface area contributed by atoms with Crippen molar-refractivity contribution in [1.82, 2.24) is 5.32 Å². The van der Waals surface area contributed by atoms with Crippen molar-refractivity contribution in [1.29, 1.82) is 5.26 Å².